The van der Waals surface area contributed by atoms with E-state index in [9.17, 15) is 17.6 Å². The van der Waals surface area contributed by atoms with Crippen molar-refractivity contribution >= 4 is 22.0 Å². The molecule has 0 saturated carbocycles. The fourth-order valence-corrected chi connectivity index (χ4v) is 3.65. The SMILES string of the molecule is CCCOc1ccc(/C(=C(/CC(F)(F)F)c2ccccc2)c2ccc3[nH]nc(F)c3c2)cn1. The summed E-state index contributed by atoms with van der Waals surface area (Å²) in [7, 11) is 0. The van der Waals surface area contributed by atoms with Gasteiger partial charge in [-0.05, 0) is 46.9 Å². The zero-order valence-electron chi connectivity index (χ0n) is 17.8. The average molecular weight is 455 g/mol. The molecule has 8 heteroatoms. The van der Waals surface area contributed by atoms with Gasteiger partial charge in [0.05, 0.1) is 23.9 Å². The van der Waals surface area contributed by atoms with E-state index in [1.807, 2.05) is 6.92 Å². The maximum atomic E-state index is 14.2. The Hall–Kier alpha value is -3.68. The van der Waals surface area contributed by atoms with Crippen LogP contribution in [0.5, 0.6) is 5.88 Å². The number of nitrogens with one attached hydrogen (secondary N) is 1. The van der Waals surface area contributed by atoms with Crippen LogP contribution < -0.4 is 4.74 Å². The molecule has 0 fully saturated rings. The van der Waals surface area contributed by atoms with Crippen molar-refractivity contribution in [2.45, 2.75) is 25.9 Å². The summed E-state index contributed by atoms with van der Waals surface area (Å²) in [5.74, 6) is -0.335. The Kier molecular flexibility index (Phi) is 6.44. The van der Waals surface area contributed by atoms with Crippen molar-refractivity contribution in [3.8, 4) is 5.88 Å². The number of hydrogen-bond donors (Lipinski definition) is 1. The predicted octanol–water partition coefficient (Wildman–Crippen LogP) is 6.80. The lowest BCUT2D eigenvalue weighted by Crippen LogP contribution is -2.10. The van der Waals surface area contributed by atoms with Crippen LogP contribution in [0.25, 0.3) is 22.0 Å². The summed E-state index contributed by atoms with van der Waals surface area (Å²) in [4.78, 5) is 4.27. The molecule has 0 unspecified atom stereocenters. The van der Waals surface area contributed by atoms with Gasteiger partial charge in [-0.2, -0.15) is 17.6 Å². The number of fused-ring (bicyclic) bond motifs is 1. The minimum Gasteiger partial charge on any atom is -0.478 e. The lowest BCUT2D eigenvalue weighted by Gasteiger charge is -2.19. The molecular formula is C25H21F4N3O. The molecule has 0 spiro atoms. The number of nitrogens with zero attached hydrogens (tertiary/aromatic N) is 2. The van der Waals surface area contributed by atoms with Crippen LogP contribution in [0, 0.1) is 5.95 Å². The first kappa shape index (κ1) is 22.5. The zero-order chi connectivity index (χ0) is 23.4. The largest absolute Gasteiger partial charge is 0.478 e. The first-order valence-electron chi connectivity index (χ1n) is 10.4. The number of pyridine rings is 1. The van der Waals surface area contributed by atoms with Crippen molar-refractivity contribution in [1.29, 1.82) is 0 Å². The van der Waals surface area contributed by atoms with Gasteiger partial charge in [0, 0.05) is 17.8 Å². The van der Waals surface area contributed by atoms with E-state index in [4.69, 9.17) is 4.74 Å². The van der Waals surface area contributed by atoms with Crippen LogP contribution in [0.3, 0.4) is 0 Å². The minimum absolute atomic E-state index is 0.0652. The number of aromatic amines is 1. The Bertz CT molecular complexity index is 1260. The number of hydrogen-bond acceptors (Lipinski definition) is 3. The Balaban J connectivity index is 1.96. The van der Waals surface area contributed by atoms with Gasteiger partial charge in [-0.25, -0.2) is 4.98 Å². The first-order valence-corrected chi connectivity index (χ1v) is 10.4. The van der Waals surface area contributed by atoms with Crippen LogP contribution >= 0.6 is 0 Å². The second kappa shape index (κ2) is 9.44. The van der Waals surface area contributed by atoms with E-state index >= 15 is 0 Å². The van der Waals surface area contributed by atoms with Crippen LogP contribution in [0.2, 0.25) is 0 Å². The summed E-state index contributed by atoms with van der Waals surface area (Å²) >= 11 is 0. The fourth-order valence-electron chi connectivity index (χ4n) is 3.65. The van der Waals surface area contributed by atoms with E-state index in [0.29, 0.717) is 40.3 Å². The number of rotatable bonds is 7. The van der Waals surface area contributed by atoms with Gasteiger partial charge in [-0.15, -0.1) is 5.10 Å². The Morgan fingerprint density at radius 3 is 2.39 bits per heavy atom. The van der Waals surface area contributed by atoms with E-state index in [0.717, 1.165) is 6.42 Å². The van der Waals surface area contributed by atoms with Crippen molar-refractivity contribution in [3.63, 3.8) is 0 Å². The third kappa shape index (κ3) is 5.22. The molecule has 2 aromatic heterocycles. The molecule has 4 rings (SSSR count). The van der Waals surface area contributed by atoms with E-state index in [-0.39, 0.29) is 11.0 Å². The minimum atomic E-state index is -4.46. The number of benzene rings is 2. The molecule has 2 aromatic carbocycles. The molecular weight excluding hydrogens is 434 g/mol. The van der Waals surface area contributed by atoms with Crippen molar-refractivity contribution < 1.29 is 22.3 Å². The van der Waals surface area contributed by atoms with Crippen LogP contribution in [0.1, 0.15) is 36.5 Å². The third-order valence-corrected chi connectivity index (χ3v) is 5.09. The number of ether oxygens (including phenoxy) is 1. The van der Waals surface area contributed by atoms with Crippen molar-refractivity contribution in [3.05, 3.63) is 89.5 Å². The number of allylic oxidation sites excluding steroid dienone is 1. The summed E-state index contributed by atoms with van der Waals surface area (Å²) in [6.07, 6.45) is -3.34. The van der Waals surface area contributed by atoms with Crippen molar-refractivity contribution in [2.24, 2.45) is 0 Å². The molecule has 0 saturated heterocycles. The summed E-state index contributed by atoms with van der Waals surface area (Å²) in [6, 6.07) is 16.4. The average Bonchev–Trinajstić information content (AvgIpc) is 3.18. The Morgan fingerprint density at radius 1 is 0.970 bits per heavy atom. The number of halogens is 4. The van der Waals surface area contributed by atoms with Gasteiger partial charge in [0.1, 0.15) is 0 Å². The highest BCUT2D eigenvalue weighted by molar-refractivity contribution is 6.00. The molecule has 4 nitrogen and oxygen atoms in total. The molecule has 33 heavy (non-hydrogen) atoms. The molecule has 0 radical (unpaired) electrons. The normalized spacial score (nSPS) is 12.6. The maximum absolute atomic E-state index is 14.2. The molecule has 0 bridgehead atoms. The highest BCUT2D eigenvalue weighted by Gasteiger charge is 2.31. The maximum Gasteiger partial charge on any atom is 0.393 e. The third-order valence-electron chi connectivity index (χ3n) is 5.09. The summed E-state index contributed by atoms with van der Waals surface area (Å²) in [5.41, 5.74) is 2.14. The van der Waals surface area contributed by atoms with Gasteiger partial charge >= 0.3 is 6.18 Å². The lowest BCUT2D eigenvalue weighted by molar-refractivity contribution is -0.122. The molecule has 0 aliphatic rings. The van der Waals surface area contributed by atoms with Crippen LogP contribution in [-0.2, 0) is 0 Å². The van der Waals surface area contributed by atoms with E-state index < -0.39 is 18.5 Å². The second-order valence-electron chi connectivity index (χ2n) is 7.52. The van der Waals surface area contributed by atoms with E-state index in [1.54, 1.807) is 54.6 Å². The van der Waals surface area contributed by atoms with Gasteiger partial charge in [0.15, 0.2) is 0 Å². The first-order chi connectivity index (χ1) is 15.9. The molecule has 170 valence electrons. The van der Waals surface area contributed by atoms with E-state index in [1.165, 1.54) is 12.3 Å². The van der Waals surface area contributed by atoms with Gasteiger partial charge in [-0.1, -0.05) is 43.3 Å². The smallest absolute Gasteiger partial charge is 0.393 e. The van der Waals surface area contributed by atoms with Gasteiger partial charge < -0.3 is 4.74 Å². The number of aromatic nitrogens is 3. The lowest BCUT2D eigenvalue weighted by atomic mass is 9.88. The topological polar surface area (TPSA) is 50.8 Å². The van der Waals surface area contributed by atoms with Crippen LogP contribution in [0.15, 0.2) is 66.9 Å². The van der Waals surface area contributed by atoms with Gasteiger partial charge in [-0.3, -0.25) is 5.10 Å². The standard InChI is InChI=1S/C25H21F4N3O/c1-2-12-33-22-11-9-18(15-30-22)23(17-8-10-21-19(13-17)24(26)32-31-21)20(14-25(27,28)29)16-6-4-3-5-7-16/h3-11,13,15H,2,12,14H2,1H3,(H,31,32)/b23-20-. The van der Waals surface area contributed by atoms with Gasteiger partial charge in [0.25, 0.3) is 0 Å². The van der Waals surface area contributed by atoms with Crippen molar-refractivity contribution in [1.82, 2.24) is 15.2 Å². The molecule has 0 atom stereocenters. The highest BCUT2D eigenvalue weighted by atomic mass is 19.4. The van der Waals surface area contributed by atoms with Crippen molar-refractivity contribution in [2.75, 3.05) is 6.61 Å². The molecule has 1 N–H and O–H groups in total. The molecule has 4 aromatic rings. The number of H-pyrrole nitrogens is 1. The van der Waals surface area contributed by atoms with Gasteiger partial charge in [0.2, 0.25) is 11.8 Å². The molecule has 0 amide bonds. The summed E-state index contributed by atoms with van der Waals surface area (Å²) < 4.78 is 60.8. The highest BCUT2D eigenvalue weighted by Crippen LogP contribution is 2.40. The quantitative estimate of drug-likeness (QED) is 0.246. The zero-order valence-corrected chi connectivity index (χ0v) is 17.8. The molecule has 0 aliphatic heterocycles. The Labute approximate surface area is 187 Å². The summed E-state index contributed by atoms with van der Waals surface area (Å²) in [6.45, 7) is 2.44. The van der Waals surface area contributed by atoms with E-state index in [2.05, 4.69) is 15.2 Å². The monoisotopic (exact) mass is 455 g/mol. The Morgan fingerprint density at radius 2 is 1.73 bits per heavy atom. The molecule has 2 heterocycles. The summed E-state index contributed by atoms with van der Waals surface area (Å²) in [5, 5.41) is 6.32. The predicted molar refractivity (Wildman–Crippen MR) is 119 cm³/mol. The fraction of sp³-hybridized carbons (Fsp3) is 0.200. The number of alkyl halides is 3. The second-order valence-corrected chi connectivity index (χ2v) is 7.52. The molecule has 0 aliphatic carbocycles. The van der Waals surface area contributed by atoms with Crippen LogP contribution in [-0.4, -0.2) is 28.0 Å². The van der Waals surface area contributed by atoms with Crippen LogP contribution in [0.4, 0.5) is 17.6 Å².